The normalized spacial score (nSPS) is 38.6. The van der Waals surface area contributed by atoms with Crippen molar-refractivity contribution < 1.29 is 19.4 Å². The molecule has 1 heterocycles. The van der Waals surface area contributed by atoms with Gasteiger partial charge in [-0.05, 0) is 12.5 Å². The van der Waals surface area contributed by atoms with E-state index in [1.807, 2.05) is 0 Å². The second-order valence-electron chi connectivity index (χ2n) is 3.86. The molecule has 0 aromatic carbocycles. The number of carbonyl (C=O) groups excluding carboxylic acids is 1. The SMILES string of the molecule is CC(=O)OC1C(O)OC(C)[C@@H](N=[N+]=[N-])[C@@H]1C. The second-order valence-corrected chi connectivity index (χ2v) is 3.86. The number of azide groups is 1. The lowest BCUT2D eigenvalue weighted by Crippen LogP contribution is -2.52. The first-order valence-electron chi connectivity index (χ1n) is 5.02. The third-order valence-electron chi connectivity index (χ3n) is 2.66. The Morgan fingerprint density at radius 1 is 1.56 bits per heavy atom. The highest BCUT2D eigenvalue weighted by Crippen LogP contribution is 2.29. The molecule has 3 unspecified atom stereocenters. The van der Waals surface area contributed by atoms with Crippen molar-refractivity contribution in [2.24, 2.45) is 11.0 Å². The van der Waals surface area contributed by atoms with Crippen LogP contribution in [0, 0.1) is 5.92 Å². The van der Waals surface area contributed by atoms with Crippen molar-refractivity contribution in [3.63, 3.8) is 0 Å². The van der Waals surface area contributed by atoms with Crippen LogP contribution < -0.4 is 0 Å². The maximum Gasteiger partial charge on any atom is 0.303 e. The van der Waals surface area contributed by atoms with Crippen molar-refractivity contribution >= 4 is 5.97 Å². The van der Waals surface area contributed by atoms with Gasteiger partial charge in [0.2, 0.25) is 0 Å². The van der Waals surface area contributed by atoms with Crippen LogP contribution in [0.15, 0.2) is 5.11 Å². The number of nitrogens with zero attached hydrogens (tertiary/aromatic N) is 3. The van der Waals surface area contributed by atoms with E-state index < -0.39 is 30.5 Å². The molecule has 1 aliphatic rings. The van der Waals surface area contributed by atoms with E-state index in [2.05, 4.69) is 10.0 Å². The largest absolute Gasteiger partial charge is 0.457 e. The van der Waals surface area contributed by atoms with Crippen molar-refractivity contribution in [1.82, 2.24) is 0 Å². The van der Waals surface area contributed by atoms with Crippen LogP contribution in [-0.4, -0.2) is 35.6 Å². The molecule has 0 bridgehead atoms. The van der Waals surface area contributed by atoms with Crippen LogP contribution in [0.1, 0.15) is 20.8 Å². The van der Waals surface area contributed by atoms with Gasteiger partial charge in [0.25, 0.3) is 0 Å². The van der Waals surface area contributed by atoms with E-state index in [1.165, 1.54) is 6.92 Å². The lowest BCUT2D eigenvalue weighted by molar-refractivity contribution is -0.243. The molecule has 0 aromatic rings. The third kappa shape index (κ3) is 2.63. The van der Waals surface area contributed by atoms with Gasteiger partial charge in [-0.2, -0.15) is 0 Å². The molecule has 90 valence electrons. The summed E-state index contributed by atoms with van der Waals surface area (Å²) in [4.78, 5) is 13.6. The zero-order valence-corrected chi connectivity index (χ0v) is 9.40. The minimum atomic E-state index is -1.18. The van der Waals surface area contributed by atoms with Gasteiger partial charge >= 0.3 is 5.97 Å². The maximum absolute atomic E-state index is 10.9. The van der Waals surface area contributed by atoms with E-state index in [9.17, 15) is 9.90 Å². The summed E-state index contributed by atoms with van der Waals surface area (Å²) in [5.41, 5.74) is 8.42. The predicted molar refractivity (Wildman–Crippen MR) is 54.2 cm³/mol. The van der Waals surface area contributed by atoms with Crippen molar-refractivity contribution in [2.45, 2.75) is 45.3 Å². The summed E-state index contributed by atoms with van der Waals surface area (Å²) in [6, 6.07) is -0.460. The minimum absolute atomic E-state index is 0.293. The Morgan fingerprint density at radius 2 is 2.19 bits per heavy atom. The number of rotatable bonds is 2. The third-order valence-corrected chi connectivity index (χ3v) is 2.66. The Morgan fingerprint density at radius 3 is 2.69 bits per heavy atom. The molecule has 16 heavy (non-hydrogen) atoms. The molecule has 1 N–H and O–H groups in total. The molecule has 1 fully saturated rings. The highest BCUT2D eigenvalue weighted by Gasteiger charge is 2.42. The highest BCUT2D eigenvalue weighted by molar-refractivity contribution is 5.66. The van der Waals surface area contributed by atoms with Crippen molar-refractivity contribution in [2.75, 3.05) is 0 Å². The summed E-state index contributed by atoms with van der Waals surface area (Å²) < 4.78 is 10.1. The number of esters is 1. The molecule has 5 atom stereocenters. The molecule has 0 spiro atoms. The van der Waals surface area contributed by atoms with Gasteiger partial charge in [0.15, 0.2) is 12.4 Å². The molecule has 1 saturated heterocycles. The molecule has 0 saturated carbocycles. The van der Waals surface area contributed by atoms with Gasteiger partial charge in [-0.25, -0.2) is 0 Å². The fourth-order valence-electron chi connectivity index (χ4n) is 1.88. The fourth-order valence-corrected chi connectivity index (χ4v) is 1.88. The molecule has 0 radical (unpaired) electrons. The zero-order valence-electron chi connectivity index (χ0n) is 9.40. The molecule has 0 aromatic heterocycles. The maximum atomic E-state index is 10.9. The van der Waals surface area contributed by atoms with Gasteiger partial charge in [-0.1, -0.05) is 12.0 Å². The summed E-state index contributed by atoms with van der Waals surface area (Å²) in [5.74, 6) is -0.799. The minimum Gasteiger partial charge on any atom is -0.457 e. The summed E-state index contributed by atoms with van der Waals surface area (Å²) in [6.07, 6.45) is -2.39. The average Bonchev–Trinajstić information content (AvgIpc) is 2.19. The standard InChI is InChI=1S/C9H15N3O4/c1-4-7(11-12-10)5(2)15-9(14)8(4)16-6(3)13/h4-5,7-9,14H,1-3H3/t4-,5?,7-,8?,9?/m0/s1. The molecule has 1 rings (SSSR count). The van der Waals surface area contributed by atoms with Gasteiger partial charge in [0.05, 0.1) is 12.1 Å². The number of aliphatic hydroxyl groups is 1. The van der Waals surface area contributed by atoms with Crippen LogP contribution in [0.25, 0.3) is 10.4 Å². The van der Waals surface area contributed by atoms with Crippen LogP contribution in [0.5, 0.6) is 0 Å². The van der Waals surface area contributed by atoms with E-state index in [4.69, 9.17) is 15.0 Å². The quantitative estimate of drug-likeness (QED) is 0.329. The van der Waals surface area contributed by atoms with Crippen LogP contribution in [0.4, 0.5) is 0 Å². The van der Waals surface area contributed by atoms with Crippen LogP contribution in [0.2, 0.25) is 0 Å². The fraction of sp³-hybridized carbons (Fsp3) is 0.889. The first-order valence-corrected chi connectivity index (χ1v) is 5.02. The summed E-state index contributed by atoms with van der Waals surface area (Å²) in [7, 11) is 0. The van der Waals surface area contributed by atoms with Crippen LogP contribution in [0.3, 0.4) is 0 Å². The lowest BCUT2D eigenvalue weighted by atomic mass is 9.89. The lowest BCUT2D eigenvalue weighted by Gasteiger charge is -2.40. The van der Waals surface area contributed by atoms with E-state index in [1.54, 1.807) is 13.8 Å². The monoisotopic (exact) mass is 229 g/mol. The number of ether oxygens (including phenoxy) is 2. The Hall–Kier alpha value is -1.30. The molecule has 0 amide bonds. The Kier molecular flexibility index (Phi) is 4.12. The van der Waals surface area contributed by atoms with Gasteiger partial charge in [0.1, 0.15) is 0 Å². The van der Waals surface area contributed by atoms with Gasteiger partial charge < -0.3 is 14.6 Å². The second kappa shape index (κ2) is 5.16. The van der Waals surface area contributed by atoms with E-state index >= 15 is 0 Å². The molecular formula is C9H15N3O4. The van der Waals surface area contributed by atoms with Gasteiger partial charge in [-0.15, -0.1) is 0 Å². The topological polar surface area (TPSA) is 105 Å². The molecule has 7 nitrogen and oxygen atoms in total. The highest BCUT2D eigenvalue weighted by atomic mass is 16.6. The van der Waals surface area contributed by atoms with E-state index in [-0.39, 0.29) is 5.92 Å². The summed E-state index contributed by atoms with van der Waals surface area (Å²) in [6.45, 7) is 4.69. The Labute approximate surface area is 93.0 Å². The number of carbonyl (C=O) groups is 1. The van der Waals surface area contributed by atoms with Gasteiger partial charge in [0, 0.05) is 17.8 Å². The number of aliphatic hydroxyl groups excluding tert-OH is 1. The Bertz CT molecular complexity index is 316. The van der Waals surface area contributed by atoms with Crippen molar-refractivity contribution in [3.8, 4) is 0 Å². The smallest absolute Gasteiger partial charge is 0.303 e. The molecule has 0 aliphatic carbocycles. The first-order chi connectivity index (χ1) is 7.47. The van der Waals surface area contributed by atoms with Crippen molar-refractivity contribution in [1.29, 1.82) is 0 Å². The van der Waals surface area contributed by atoms with Crippen LogP contribution >= 0.6 is 0 Å². The molecule has 1 aliphatic heterocycles. The van der Waals surface area contributed by atoms with E-state index in [0.717, 1.165) is 0 Å². The van der Waals surface area contributed by atoms with E-state index in [0.29, 0.717) is 0 Å². The van der Waals surface area contributed by atoms with Crippen LogP contribution in [-0.2, 0) is 14.3 Å². The predicted octanol–water partition coefficient (Wildman–Crippen LogP) is 0.970. The molecule has 7 heteroatoms. The Balaban J connectivity index is 2.84. The average molecular weight is 229 g/mol. The summed E-state index contributed by atoms with van der Waals surface area (Å²) >= 11 is 0. The number of hydrogen-bond acceptors (Lipinski definition) is 5. The zero-order chi connectivity index (χ0) is 12.3. The van der Waals surface area contributed by atoms with Gasteiger partial charge in [-0.3, -0.25) is 4.79 Å². The first kappa shape index (κ1) is 12.8. The summed E-state index contributed by atoms with van der Waals surface area (Å²) in [5, 5.41) is 13.2. The number of hydrogen-bond donors (Lipinski definition) is 1. The molecular weight excluding hydrogens is 214 g/mol. The van der Waals surface area contributed by atoms with Crippen molar-refractivity contribution in [3.05, 3.63) is 10.4 Å².